The summed E-state index contributed by atoms with van der Waals surface area (Å²) in [6.07, 6.45) is 2.48. The third kappa shape index (κ3) is 4.86. The smallest absolute Gasteiger partial charge is 0.381 e. The van der Waals surface area contributed by atoms with Crippen molar-refractivity contribution >= 4 is 17.7 Å². The Morgan fingerprint density at radius 2 is 2.14 bits per heavy atom. The molecule has 9 heteroatoms. The van der Waals surface area contributed by atoms with Crippen LogP contribution in [0, 0.1) is 15.5 Å². The zero-order valence-corrected chi connectivity index (χ0v) is 12.1. The van der Waals surface area contributed by atoms with Crippen molar-refractivity contribution in [3.63, 3.8) is 0 Å². The molecule has 1 aromatic rings. The maximum Gasteiger partial charge on any atom is 0.381 e. The van der Waals surface area contributed by atoms with Gasteiger partial charge < -0.3 is 25.1 Å². The average molecular weight is 298 g/mol. The van der Waals surface area contributed by atoms with E-state index in [2.05, 4.69) is 10.3 Å². The Morgan fingerprint density at radius 1 is 1.52 bits per heavy atom. The number of carboxylic acid groups (broad SMARTS) is 1. The number of nitrogens with zero attached hydrogens (tertiary/aromatic N) is 3. The molecule has 0 radical (unpaired) electrons. The van der Waals surface area contributed by atoms with Crippen molar-refractivity contribution in [2.75, 3.05) is 0 Å². The summed E-state index contributed by atoms with van der Waals surface area (Å²) in [6, 6.07) is -0.998. The van der Waals surface area contributed by atoms with Gasteiger partial charge in [-0.2, -0.15) is 0 Å². The van der Waals surface area contributed by atoms with Crippen LogP contribution < -0.4 is 5.32 Å². The van der Waals surface area contributed by atoms with E-state index in [9.17, 15) is 19.7 Å². The molecule has 0 fully saturated rings. The number of hydrogen-bond acceptors (Lipinski definition) is 5. The number of aliphatic carboxylic acids is 1. The fraction of sp³-hybridized carbons (Fsp3) is 0.583. The van der Waals surface area contributed by atoms with Crippen molar-refractivity contribution in [2.24, 2.45) is 5.41 Å². The number of nitro groups is 1. The van der Waals surface area contributed by atoms with E-state index >= 15 is 0 Å². The fourth-order valence-corrected chi connectivity index (χ4v) is 1.68. The quantitative estimate of drug-likeness (QED) is 0.590. The Kier molecular flexibility index (Phi) is 5.01. The Labute approximate surface area is 121 Å². The lowest BCUT2D eigenvalue weighted by Crippen LogP contribution is -2.49. The molecule has 0 saturated carbocycles. The van der Waals surface area contributed by atoms with Gasteiger partial charge in [-0.25, -0.2) is 4.79 Å². The van der Waals surface area contributed by atoms with Crippen LogP contribution in [0.3, 0.4) is 0 Å². The van der Waals surface area contributed by atoms with Crippen molar-refractivity contribution in [2.45, 2.75) is 39.8 Å². The first-order valence-electron chi connectivity index (χ1n) is 6.29. The van der Waals surface area contributed by atoms with Crippen molar-refractivity contribution in [1.29, 1.82) is 0 Å². The highest BCUT2D eigenvalue weighted by molar-refractivity contribution is 5.84. The Hall–Kier alpha value is -2.45. The predicted molar refractivity (Wildman–Crippen MR) is 72.5 cm³/mol. The van der Waals surface area contributed by atoms with Crippen LogP contribution in [-0.2, 0) is 16.1 Å². The molecule has 0 bridgehead atoms. The monoisotopic (exact) mass is 298 g/mol. The number of aromatic nitrogens is 2. The number of nitrogens with one attached hydrogen (secondary N) is 1. The molecule has 0 spiro atoms. The van der Waals surface area contributed by atoms with Crippen molar-refractivity contribution in [1.82, 2.24) is 14.9 Å². The topological polar surface area (TPSA) is 127 Å². The number of carboxylic acids is 1. The highest BCUT2D eigenvalue weighted by atomic mass is 16.6. The summed E-state index contributed by atoms with van der Waals surface area (Å²) in [5.74, 6) is -1.84. The van der Waals surface area contributed by atoms with Crippen LogP contribution in [0.15, 0.2) is 12.5 Å². The number of carbonyl (C=O) groups is 2. The van der Waals surface area contributed by atoms with E-state index in [1.54, 1.807) is 20.8 Å². The zero-order valence-electron chi connectivity index (χ0n) is 12.1. The first-order chi connectivity index (χ1) is 9.61. The molecule has 21 heavy (non-hydrogen) atoms. The predicted octanol–water partition coefficient (Wildman–Crippen LogP) is 0.797. The van der Waals surface area contributed by atoms with Gasteiger partial charge in [0, 0.05) is 13.0 Å². The number of amides is 1. The van der Waals surface area contributed by atoms with Gasteiger partial charge in [-0.3, -0.25) is 4.79 Å². The minimum Gasteiger partial charge on any atom is -0.480 e. The van der Waals surface area contributed by atoms with Gasteiger partial charge in [0.1, 0.15) is 12.2 Å². The average Bonchev–Trinajstić information content (AvgIpc) is 2.80. The molecule has 9 nitrogen and oxygen atoms in total. The molecular formula is C12H18N4O5. The second-order valence-corrected chi connectivity index (χ2v) is 5.68. The van der Waals surface area contributed by atoms with Crippen LogP contribution in [0.4, 0.5) is 5.82 Å². The maximum atomic E-state index is 11.8. The summed E-state index contributed by atoms with van der Waals surface area (Å²) < 4.78 is 1.41. The van der Waals surface area contributed by atoms with Gasteiger partial charge >= 0.3 is 11.8 Å². The van der Waals surface area contributed by atoms with Gasteiger partial charge in [0.05, 0.1) is 0 Å². The second-order valence-electron chi connectivity index (χ2n) is 5.68. The molecule has 0 unspecified atom stereocenters. The number of aryl methyl sites for hydroxylation is 1. The Balaban J connectivity index is 2.57. The molecular weight excluding hydrogens is 280 g/mol. The molecule has 0 saturated heterocycles. The lowest BCUT2D eigenvalue weighted by atomic mass is 9.86. The van der Waals surface area contributed by atoms with Crippen molar-refractivity contribution < 1.29 is 19.6 Å². The molecule has 1 atom stereocenters. The number of imidazole rings is 1. The van der Waals surface area contributed by atoms with Crippen molar-refractivity contribution in [3.05, 3.63) is 22.6 Å². The van der Waals surface area contributed by atoms with Crippen LogP contribution in [0.25, 0.3) is 0 Å². The van der Waals surface area contributed by atoms with E-state index in [0.29, 0.717) is 0 Å². The highest BCUT2D eigenvalue weighted by Gasteiger charge is 2.32. The van der Waals surface area contributed by atoms with Gasteiger partial charge in [0.25, 0.3) is 0 Å². The first-order valence-corrected chi connectivity index (χ1v) is 6.29. The maximum absolute atomic E-state index is 11.8. The third-order valence-corrected chi connectivity index (χ3v) is 2.82. The number of hydrogen-bond donors (Lipinski definition) is 2. The third-order valence-electron chi connectivity index (χ3n) is 2.82. The molecule has 1 aromatic heterocycles. The Bertz CT molecular complexity index is 546. The molecule has 0 aliphatic heterocycles. The Morgan fingerprint density at radius 3 is 2.57 bits per heavy atom. The van der Waals surface area contributed by atoms with E-state index in [1.165, 1.54) is 17.1 Å². The number of carbonyl (C=O) groups excluding carboxylic acids is 1. The molecule has 0 aliphatic carbocycles. The van der Waals surface area contributed by atoms with Gasteiger partial charge in [0.15, 0.2) is 0 Å². The molecule has 1 heterocycles. The van der Waals surface area contributed by atoms with Gasteiger partial charge in [0.2, 0.25) is 12.2 Å². The van der Waals surface area contributed by atoms with Crippen LogP contribution >= 0.6 is 0 Å². The van der Waals surface area contributed by atoms with Crippen LogP contribution in [0.1, 0.15) is 27.2 Å². The highest BCUT2D eigenvalue weighted by Crippen LogP contribution is 2.19. The molecule has 1 rings (SSSR count). The van der Waals surface area contributed by atoms with Crippen LogP contribution in [0.2, 0.25) is 0 Å². The SMILES string of the molecule is CC(C)(C)[C@@H](NC(=O)CCn1cnc([N+](=O)[O-])c1)C(=O)O. The summed E-state index contributed by atoms with van der Waals surface area (Å²) in [5, 5.41) is 22.0. The normalized spacial score (nSPS) is 12.7. The van der Waals surface area contributed by atoms with Gasteiger partial charge in [-0.1, -0.05) is 20.8 Å². The largest absolute Gasteiger partial charge is 0.480 e. The molecule has 2 N–H and O–H groups in total. The minimum atomic E-state index is -1.10. The lowest BCUT2D eigenvalue weighted by Gasteiger charge is -2.27. The zero-order chi connectivity index (χ0) is 16.2. The van der Waals surface area contributed by atoms with E-state index in [0.717, 1.165) is 0 Å². The van der Waals surface area contributed by atoms with Crippen LogP contribution in [0.5, 0.6) is 0 Å². The summed E-state index contributed by atoms with van der Waals surface area (Å²) >= 11 is 0. The molecule has 0 aliphatic rings. The van der Waals surface area contributed by atoms with E-state index in [4.69, 9.17) is 5.11 Å². The van der Waals surface area contributed by atoms with Crippen molar-refractivity contribution in [3.8, 4) is 0 Å². The molecule has 0 aromatic carbocycles. The second kappa shape index (κ2) is 6.33. The fourth-order valence-electron chi connectivity index (χ4n) is 1.68. The lowest BCUT2D eigenvalue weighted by molar-refractivity contribution is -0.389. The summed E-state index contributed by atoms with van der Waals surface area (Å²) in [7, 11) is 0. The van der Waals surface area contributed by atoms with Crippen LogP contribution in [-0.4, -0.2) is 37.5 Å². The van der Waals surface area contributed by atoms with E-state index in [1.807, 2.05) is 0 Å². The first kappa shape index (κ1) is 16.6. The summed E-state index contributed by atoms with van der Waals surface area (Å²) in [6.45, 7) is 5.32. The summed E-state index contributed by atoms with van der Waals surface area (Å²) in [5.41, 5.74) is -0.616. The van der Waals surface area contributed by atoms with E-state index < -0.39 is 28.3 Å². The minimum absolute atomic E-state index is 0.00732. The van der Waals surface area contributed by atoms with Gasteiger partial charge in [-0.05, 0) is 15.3 Å². The van der Waals surface area contributed by atoms with E-state index in [-0.39, 0.29) is 18.8 Å². The standard InChI is InChI=1S/C12H18N4O5/c1-12(2,3)10(11(18)19)14-9(17)4-5-15-6-8(13-7-15)16(20)21/h6-7,10H,4-5H2,1-3H3,(H,14,17)(H,18,19)/t10-/m0/s1. The molecule has 1 amide bonds. The number of rotatable bonds is 6. The van der Waals surface area contributed by atoms with Gasteiger partial charge in [-0.15, -0.1) is 0 Å². The molecule has 116 valence electrons. The summed E-state index contributed by atoms with van der Waals surface area (Å²) in [4.78, 5) is 36.3.